The number of benzene rings is 2. The zero-order valence-corrected chi connectivity index (χ0v) is 13.8. The molecule has 2 heterocycles. The van der Waals surface area contributed by atoms with Crippen LogP contribution in [-0.2, 0) is 0 Å². The molecule has 0 aliphatic rings. The Morgan fingerprint density at radius 1 is 0.722 bits per heavy atom. The number of halogens is 2. The molecule has 0 nitrogen and oxygen atoms in total. The summed E-state index contributed by atoms with van der Waals surface area (Å²) >= 11 is 10.8. The van der Waals surface area contributed by atoms with E-state index in [0.717, 1.165) is 8.95 Å². The van der Waals surface area contributed by atoms with Gasteiger partial charge in [0, 0.05) is 34.5 Å². The van der Waals surface area contributed by atoms with Crippen LogP contribution in [0.1, 0.15) is 0 Å². The third-order valence-corrected chi connectivity index (χ3v) is 6.42. The number of fused-ring (bicyclic) bond motifs is 5. The fourth-order valence-electron chi connectivity index (χ4n) is 2.26. The second-order valence-electron chi connectivity index (χ2n) is 4.15. The van der Waals surface area contributed by atoms with E-state index in [-0.39, 0.29) is 0 Å². The SMILES string of the molecule is Brc1ccc2c(c1)sc1sc3cc(Br)ccc3c12. The molecule has 0 unspecified atom stereocenters. The molecular formula is C14H6Br2S2. The van der Waals surface area contributed by atoms with Crippen LogP contribution in [0.5, 0.6) is 0 Å². The summed E-state index contributed by atoms with van der Waals surface area (Å²) in [6.45, 7) is 0. The van der Waals surface area contributed by atoms with E-state index in [1.54, 1.807) is 0 Å². The standard InChI is InChI=1S/C14H6Br2S2/c15-7-1-3-9-11(5-7)17-14-13(9)10-4-2-8(16)6-12(10)18-14/h1-6H. The Kier molecular flexibility index (Phi) is 2.56. The third-order valence-electron chi connectivity index (χ3n) is 3.04. The van der Waals surface area contributed by atoms with Crippen molar-refractivity contribution in [1.82, 2.24) is 0 Å². The molecule has 2 aromatic heterocycles. The average molecular weight is 398 g/mol. The lowest BCUT2D eigenvalue weighted by molar-refractivity contribution is 1.77. The van der Waals surface area contributed by atoms with Gasteiger partial charge in [-0.1, -0.05) is 44.0 Å². The van der Waals surface area contributed by atoms with Crippen LogP contribution in [0.2, 0.25) is 0 Å². The lowest BCUT2D eigenvalue weighted by atomic mass is 10.1. The van der Waals surface area contributed by atoms with Gasteiger partial charge in [-0.2, -0.15) is 0 Å². The maximum absolute atomic E-state index is 3.54. The molecule has 0 saturated heterocycles. The van der Waals surface area contributed by atoms with E-state index in [1.165, 1.54) is 29.6 Å². The molecule has 0 amide bonds. The Balaban J connectivity index is 2.25. The van der Waals surface area contributed by atoms with Crippen molar-refractivity contribution in [3.05, 3.63) is 45.3 Å². The minimum atomic E-state index is 1.15. The van der Waals surface area contributed by atoms with Gasteiger partial charge in [0.05, 0.1) is 4.01 Å². The number of hydrogen-bond donors (Lipinski definition) is 0. The first kappa shape index (κ1) is 11.4. The summed E-state index contributed by atoms with van der Waals surface area (Å²) < 4.78 is 6.42. The molecule has 4 heteroatoms. The molecule has 4 aromatic rings. The zero-order valence-electron chi connectivity index (χ0n) is 9.04. The smallest absolute Gasteiger partial charge is 0.0890 e. The van der Waals surface area contributed by atoms with E-state index >= 15 is 0 Å². The first-order chi connectivity index (χ1) is 8.72. The Morgan fingerprint density at radius 2 is 1.22 bits per heavy atom. The van der Waals surface area contributed by atoms with Crippen molar-refractivity contribution in [3.63, 3.8) is 0 Å². The Hall–Kier alpha value is -0.420. The number of rotatable bonds is 0. The first-order valence-corrected chi connectivity index (χ1v) is 8.64. The molecule has 0 radical (unpaired) electrons. The highest BCUT2D eigenvalue weighted by atomic mass is 79.9. The topological polar surface area (TPSA) is 0 Å². The van der Waals surface area contributed by atoms with Gasteiger partial charge in [0.15, 0.2) is 0 Å². The molecular weight excluding hydrogens is 392 g/mol. The predicted molar refractivity (Wildman–Crippen MR) is 90.1 cm³/mol. The van der Waals surface area contributed by atoms with Crippen LogP contribution in [0.15, 0.2) is 45.3 Å². The van der Waals surface area contributed by atoms with Crippen molar-refractivity contribution >= 4 is 84.1 Å². The summed E-state index contributed by atoms with van der Waals surface area (Å²) in [5.41, 5.74) is 0. The van der Waals surface area contributed by atoms with Crippen LogP contribution in [0.25, 0.3) is 29.6 Å². The van der Waals surface area contributed by atoms with Crippen LogP contribution < -0.4 is 0 Å². The molecule has 18 heavy (non-hydrogen) atoms. The molecule has 0 atom stereocenters. The van der Waals surface area contributed by atoms with Crippen LogP contribution >= 0.6 is 54.5 Å². The largest absolute Gasteiger partial charge is 0.124 e. The molecule has 0 spiro atoms. The summed E-state index contributed by atoms with van der Waals surface area (Å²) in [5, 5.41) is 4.15. The molecule has 0 aliphatic carbocycles. The average Bonchev–Trinajstić information content (AvgIpc) is 2.82. The summed E-state index contributed by atoms with van der Waals surface area (Å²) in [7, 11) is 0. The van der Waals surface area contributed by atoms with E-state index in [4.69, 9.17) is 0 Å². The van der Waals surface area contributed by atoms with Crippen molar-refractivity contribution in [2.24, 2.45) is 0 Å². The van der Waals surface area contributed by atoms with Gasteiger partial charge in [-0.05, 0) is 24.3 Å². The van der Waals surface area contributed by atoms with Gasteiger partial charge in [0.2, 0.25) is 0 Å². The van der Waals surface area contributed by atoms with E-state index in [0.29, 0.717) is 0 Å². The molecule has 88 valence electrons. The van der Waals surface area contributed by atoms with Gasteiger partial charge in [-0.15, -0.1) is 22.7 Å². The van der Waals surface area contributed by atoms with E-state index in [2.05, 4.69) is 68.3 Å². The molecule has 4 rings (SSSR count). The van der Waals surface area contributed by atoms with Gasteiger partial charge >= 0.3 is 0 Å². The number of thiophene rings is 2. The van der Waals surface area contributed by atoms with Crippen molar-refractivity contribution in [2.45, 2.75) is 0 Å². The van der Waals surface area contributed by atoms with E-state index in [1.807, 2.05) is 22.7 Å². The quantitative estimate of drug-likeness (QED) is 0.306. The minimum absolute atomic E-state index is 1.15. The maximum atomic E-state index is 3.54. The van der Waals surface area contributed by atoms with Crippen molar-refractivity contribution in [3.8, 4) is 0 Å². The summed E-state index contributed by atoms with van der Waals surface area (Å²) in [6, 6.07) is 13.1. The van der Waals surface area contributed by atoms with Crippen LogP contribution in [-0.4, -0.2) is 0 Å². The highest BCUT2D eigenvalue weighted by molar-refractivity contribution is 9.10. The summed E-state index contributed by atoms with van der Waals surface area (Å²) in [5.74, 6) is 0. The zero-order chi connectivity index (χ0) is 12.3. The minimum Gasteiger partial charge on any atom is -0.124 e. The van der Waals surface area contributed by atoms with Gasteiger partial charge in [-0.25, -0.2) is 0 Å². The molecule has 0 fully saturated rings. The maximum Gasteiger partial charge on any atom is 0.0890 e. The lowest BCUT2D eigenvalue weighted by Crippen LogP contribution is -1.68. The van der Waals surface area contributed by atoms with Crippen molar-refractivity contribution in [2.75, 3.05) is 0 Å². The van der Waals surface area contributed by atoms with E-state index < -0.39 is 0 Å². The fraction of sp³-hybridized carbons (Fsp3) is 0. The van der Waals surface area contributed by atoms with Crippen molar-refractivity contribution < 1.29 is 0 Å². The van der Waals surface area contributed by atoms with Crippen LogP contribution in [0.3, 0.4) is 0 Å². The normalized spacial score (nSPS) is 11.9. The molecule has 0 N–H and O–H groups in total. The molecule has 0 bridgehead atoms. The first-order valence-electron chi connectivity index (χ1n) is 5.42. The number of hydrogen-bond acceptors (Lipinski definition) is 2. The third kappa shape index (κ3) is 1.59. The molecule has 0 aliphatic heterocycles. The Labute approximate surface area is 128 Å². The van der Waals surface area contributed by atoms with Gasteiger partial charge in [0.1, 0.15) is 0 Å². The van der Waals surface area contributed by atoms with Gasteiger partial charge in [-0.3, -0.25) is 0 Å². The van der Waals surface area contributed by atoms with Crippen LogP contribution in [0, 0.1) is 0 Å². The Bertz CT molecular complexity index is 831. The summed E-state index contributed by atoms with van der Waals surface area (Å²) in [4.78, 5) is 0. The van der Waals surface area contributed by atoms with Gasteiger partial charge in [0.25, 0.3) is 0 Å². The van der Waals surface area contributed by atoms with Crippen molar-refractivity contribution in [1.29, 1.82) is 0 Å². The fourth-order valence-corrected chi connectivity index (χ4v) is 5.97. The monoisotopic (exact) mass is 396 g/mol. The van der Waals surface area contributed by atoms with Gasteiger partial charge < -0.3 is 0 Å². The molecule has 0 saturated carbocycles. The summed E-state index contributed by atoms with van der Waals surface area (Å²) in [6.07, 6.45) is 0. The highest BCUT2D eigenvalue weighted by Crippen LogP contribution is 2.45. The van der Waals surface area contributed by atoms with Crippen LogP contribution in [0.4, 0.5) is 0 Å². The second-order valence-corrected chi connectivity index (χ2v) is 8.34. The highest BCUT2D eigenvalue weighted by Gasteiger charge is 2.12. The molecule has 2 aromatic carbocycles. The lowest BCUT2D eigenvalue weighted by Gasteiger charge is -1.94. The Morgan fingerprint density at radius 3 is 1.72 bits per heavy atom. The van der Waals surface area contributed by atoms with E-state index in [9.17, 15) is 0 Å². The second kappa shape index (κ2) is 4.04. The predicted octanol–water partition coefficient (Wildman–Crippen LogP) is 6.79.